The third-order valence-corrected chi connectivity index (χ3v) is 13.5. The third-order valence-electron chi connectivity index (χ3n) is 13.5. The molecule has 7 nitrogen and oxygen atoms in total. The molecule has 0 aromatic rings. The molecule has 228 valence electrons. The second kappa shape index (κ2) is 10.2. The number of carboxylic acids is 1. The van der Waals surface area contributed by atoms with Crippen LogP contribution in [0.2, 0.25) is 0 Å². The Balaban J connectivity index is 0.000000557. The topological polar surface area (TPSA) is 135 Å². The van der Waals surface area contributed by atoms with Crippen molar-refractivity contribution in [2.75, 3.05) is 13.2 Å². The quantitative estimate of drug-likeness (QED) is 0.335. The lowest BCUT2D eigenvalue weighted by Gasteiger charge is -2.70. The molecule has 5 aliphatic rings. The molecule has 0 heterocycles. The summed E-state index contributed by atoms with van der Waals surface area (Å²) in [6, 6.07) is 0. The van der Waals surface area contributed by atoms with Crippen LogP contribution in [0.25, 0.3) is 0 Å². The fourth-order valence-corrected chi connectivity index (χ4v) is 10.4. The van der Waals surface area contributed by atoms with E-state index in [4.69, 9.17) is 15.3 Å². The van der Waals surface area contributed by atoms with Crippen LogP contribution in [0.1, 0.15) is 106 Å². The van der Waals surface area contributed by atoms with Crippen LogP contribution >= 0.6 is 0 Å². The lowest BCUT2D eigenvalue weighted by atomic mass is 9.33. The second-order valence-corrected chi connectivity index (χ2v) is 16.0. The van der Waals surface area contributed by atoms with Gasteiger partial charge in [0.25, 0.3) is 0 Å². The van der Waals surface area contributed by atoms with Crippen molar-refractivity contribution in [2.45, 2.75) is 118 Å². The first-order valence-corrected chi connectivity index (χ1v) is 15.4. The number of fused-ring (bicyclic) bond motifs is 7. The van der Waals surface area contributed by atoms with Gasteiger partial charge >= 0.3 is 5.97 Å². The van der Waals surface area contributed by atoms with E-state index in [-0.39, 0.29) is 64.0 Å². The molecule has 0 amide bonds. The molecule has 0 aromatic carbocycles. The van der Waals surface area contributed by atoms with E-state index < -0.39 is 17.5 Å². The van der Waals surface area contributed by atoms with Crippen LogP contribution in [0, 0.1) is 50.2 Å². The number of allylic oxidation sites excluding steroid dienone is 2. The van der Waals surface area contributed by atoms with Crippen LogP contribution in [0.5, 0.6) is 0 Å². The largest absolute Gasteiger partial charge is 0.481 e. The van der Waals surface area contributed by atoms with Crippen LogP contribution in [0.15, 0.2) is 11.6 Å². The smallest absolute Gasteiger partial charge is 0.309 e. The number of hydrogen-bond donors (Lipinski definition) is 5. The predicted molar refractivity (Wildman–Crippen MR) is 153 cm³/mol. The van der Waals surface area contributed by atoms with Gasteiger partial charge in [0.1, 0.15) is 6.10 Å². The lowest BCUT2D eigenvalue weighted by Crippen LogP contribution is -2.66. The number of carbonyl (C=O) groups excluding carboxylic acids is 1. The summed E-state index contributed by atoms with van der Waals surface area (Å²) < 4.78 is 0. The number of ketones is 1. The summed E-state index contributed by atoms with van der Waals surface area (Å²) >= 11 is 0. The fourth-order valence-electron chi connectivity index (χ4n) is 10.4. The number of aliphatic hydroxyl groups excluding tert-OH is 4. The highest BCUT2D eigenvalue weighted by molar-refractivity contribution is 5.95. The van der Waals surface area contributed by atoms with E-state index in [0.717, 1.165) is 51.4 Å². The Morgan fingerprint density at radius 2 is 1.52 bits per heavy atom. The first-order valence-electron chi connectivity index (χ1n) is 15.4. The first-order chi connectivity index (χ1) is 18.4. The minimum absolute atomic E-state index is 0.0296. The summed E-state index contributed by atoms with van der Waals surface area (Å²) in [7, 11) is 0. The molecule has 7 heteroatoms. The van der Waals surface area contributed by atoms with Crippen LogP contribution in [-0.4, -0.2) is 62.7 Å². The first kappa shape index (κ1) is 31.7. The van der Waals surface area contributed by atoms with Gasteiger partial charge in [-0.3, -0.25) is 9.59 Å². The number of aliphatic hydroxyl groups is 4. The number of hydrogen-bond acceptors (Lipinski definition) is 6. The van der Waals surface area contributed by atoms with Gasteiger partial charge in [-0.05, 0) is 110 Å². The average Bonchev–Trinajstić information content (AvgIpc) is 2.88. The molecule has 0 aromatic heterocycles. The number of aliphatic carboxylic acids is 1. The number of carboxylic acid groups (broad SMARTS) is 1. The van der Waals surface area contributed by atoms with Crippen molar-refractivity contribution in [1.82, 2.24) is 0 Å². The van der Waals surface area contributed by atoms with Crippen LogP contribution in [-0.2, 0) is 9.59 Å². The van der Waals surface area contributed by atoms with Crippen molar-refractivity contribution in [2.24, 2.45) is 50.2 Å². The summed E-state index contributed by atoms with van der Waals surface area (Å²) in [6.07, 6.45) is 9.00. The Kier molecular flexibility index (Phi) is 8.05. The summed E-state index contributed by atoms with van der Waals surface area (Å²) in [4.78, 5) is 26.4. The molecule has 5 rings (SSSR count). The SMILES string of the molecule is CC1(C)[C@@H](O)CC[C@]2(C)[C@H]3C(=O)C=C4[C@@H]5C[C@@](C)(C(=O)O)CC[C@]5(C)CC[C@@]4(C)[C@]3(C)CC[C@@H]12.OCC(O)CO. The van der Waals surface area contributed by atoms with E-state index >= 15 is 0 Å². The van der Waals surface area contributed by atoms with Crippen molar-refractivity contribution < 1.29 is 35.1 Å². The molecule has 4 saturated carbocycles. The normalized spacial score (nSPS) is 47.5. The molecule has 0 unspecified atom stereocenters. The molecule has 0 aliphatic heterocycles. The van der Waals surface area contributed by atoms with Gasteiger partial charge in [0.15, 0.2) is 5.78 Å². The number of rotatable bonds is 3. The van der Waals surface area contributed by atoms with Crippen LogP contribution in [0.4, 0.5) is 0 Å². The van der Waals surface area contributed by atoms with Crippen molar-refractivity contribution in [1.29, 1.82) is 0 Å². The van der Waals surface area contributed by atoms with Crippen molar-refractivity contribution in [3.63, 3.8) is 0 Å². The summed E-state index contributed by atoms with van der Waals surface area (Å²) in [6.45, 7) is 15.1. The third kappa shape index (κ3) is 4.44. The van der Waals surface area contributed by atoms with Crippen molar-refractivity contribution in [3.8, 4) is 0 Å². The maximum atomic E-state index is 14.2. The maximum absolute atomic E-state index is 14.2. The van der Waals surface area contributed by atoms with Gasteiger partial charge in [0.05, 0.1) is 24.7 Å². The molecule has 5 N–H and O–H groups in total. The fraction of sp³-hybridized carbons (Fsp3) is 0.879. The standard InChI is InChI=1S/C30H46O4.C3H8O3/c1-25(2)21-8-11-30(7)23(28(21,5)10-9-22(25)32)20(31)16-18-19-17-27(4,24(33)34)13-12-26(19,3)14-15-29(18,30)6;4-1-3(6)2-5/h16,19,21-23,32H,8-15,17H2,1-7H3,(H,33,34);3-6H,1-2H2/t19-,21-,22-,23+,26+,27-,28-,29+,30+;/m0./s1. The van der Waals surface area contributed by atoms with Gasteiger partial charge in [0.2, 0.25) is 0 Å². The molecular weight excluding hydrogens is 508 g/mol. The molecular formula is C33H54O7. The molecule has 0 saturated heterocycles. The zero-order chi connectivity index (χ0) is 30.1. The van der Waals surface area contributed by atoms with E-state index in [1.165, 1.54) is 5.57 Å². The molecule has 4 fully saturated rings. The van der Waals surface area contributed by atoms with Crippen LogP contribution in [0.3, 0.4) is 0 Å². The van der Waals surface area contributed by atoms with E-state index in [1.54, 1.807) is 0 Å². The van der Waals surface area contributed by atoms with E-state index in [0.29, 0.717) is 12.3 Å². The van der Waals surface area contributed by atoms with Gasteiger partial charge in [-0.2, -0.15) is 0 Å². The molecule has 40 heavy (non-hydrogen) atoms. The van der Waals surface area contributed by atoms with Gasteiger partial charge in [-0.15, -0.1) is 0 Å². The highest BCUT2D eigenvalue weighted by atomic mass is 16.4. The van der Waals surface area contributed by atoms with Crippen molar-refractivity contribution >= 4 is 11.8 Å². The Morgan fingerprint density at radius 1 is 0.925 bits per heavy atom. The summed E-state index contributed by atoms with van der Waals surface area (Å²) in [5, 5.41) is 44.9. The molecule has 5 aliphatic carbocycles. The minimum Gasteiger partial charge on any atom is -0.481 e. The minimum atomic E-state index is -0.954. The van der Waals surface area contributed by atoms with Gasteiger partial charge < -0.3 is 25.5 Å². The maximum Gasteiger partial charge on any atom is 0.309 e. The monoisotopic (exact) mass is 562 g/mol. The summed E-state index contributed by atoms with van der Waals surface area (Å²) in [5.74, 6) is 0.0603. The van der Waals surface area contributed by atoms with E-state index in [9.17, 15) is 19.8 Å². The lowest BCUT2D eigenvalue weighted by molar-refractivity contribution is -0.202. The van der Waals surface area contributed by atoms with E-state index in [1.807, 2.05) is 13.0 Å². The second-order valence-electron chi connectivity index (χ2n) is 16.0. The predicted octanol–water partition coefficient (Wildman–Crippen LogP) is 4.74. The van der Waals surface area contributed by atoms with Gasteiger partial charge in [-0.1, -0.05) is 47.1 Å². The zero-order valence-corrected chi connectivity index (χ0v) is 25.8. The van der Waals surface area contributed by atoms with Gasteiger partial charge in [0, 0.05) is 5.92 Å². The van der Waals surface area contributed by atoms with Crippen molar-refractivity contribution in [3.05, 3.63) is 11.6 Å². The highest BCUT2D eigenvalue weighted by Gasteiger charge is 2.70. The summed E-state index contributed by atoms with van der Waals surface area (Å²) in [5.41, 5.74) is 0.142. The van der Waals surface area contributed by atoms with Crippen LogP contribution < -0.4 is 0 Å². The Morgan fingerprint density at radius 3 is 2.08 bits per heavy atom. The average molecular weight is 563 g/mol. The molecule has 0 radical (unpaired) electrons. The molecule has 0 spiro atoms. The van der Waals surface area contributed by atoms with Gasteiger partial charge in [-0.25, -0.2) is 0 Å². The van der Waals surface area contributed by atoms with E-state index in [2.05, 4.69) is 41.5 Å². The molecule has 0 bridgehead atoms. The Labute approximate surface area is 240 Å². The Bertz CT molecular complexity index is 1050. The zero-order valence-electron chi connectivity index (χ0n) is 25.8. The number of carbonyl (C=O) groups is 2. The molecule has 9 atom stereocenters. The highest BCUT2D eigenvalue weighted by Crippen LogP contribution is 2.75. The Hall–Kier alpha value is -1.28.